The summed E-state index contributed by atoms with van der Waals surface area (Å²) >= 11 is 0. The maximum atomic E-state index is 14.0. The van der Waals surface area contributed by atoms with Gasteiger partial charge in [0.25, 0.3) is 0 Å². The summed E-state index contributed by atoms with van der Waals surface area (Å²) in [6.07, 6.45) is 1.02. The van der Waals surface area contributed by atoms with Crippen LogP contribution >= 0.6 is 0 Å². The fraction of sp³-hybridized carbons (Fsp3) is 0.561. The molecule has 0 aliphatic heterocycles. The number of carbonyl (C=O) groups excluding carboxylic acids is 5. The molecule has 298 valence electrons. The van der Waals surface area contributed by atoms with Crippen molar-refractivity contribution in [2.24, 2.45) is 29.4 Å². The van der Waals surface area contributed by atoms with Gasteiger partial charge in [0.1, 0.15) is 24.2 Å². The van der Waals surface area contributed by atoms with Gasteiger partial charge in [0.2, 0.25) is 29.5 Å². The highest BCUT2D eigenvalue weighted by Gasteiger charge is 2.34. The predicted molar refractivity (Wildman–Crippen MR) is 209 cm³/mol. The number of aliphatic carboxylic acids is 1. The molecule has 5 amide bonds. The predicted octanol–water partition coefficient (Wildman–Crippen LogP) is 3.10. The number of rotatable bonds is 22. The molecule has 2 aromatic rings. The van der Waals surface area contributed by atoms with Crippen molar-refractivity contribution >= 4 is 35.5 Å². The molecule has 0 heterocycles. The van der Waals surface area contributed by atoms with Gasteiger partial charge in [0.15, 0.2) is 0 Å². The summed E-state index contributed by atoms with van der Waals surface area (Å²) in [5.41, 5.74) is 8.31. The largest absolute Gasteiger partial charge is 0.480 e. The van der Waals surface area contributed by atoms with E-state index >= 15 is 0 Å². The van der Waals surface area contributed by atoms with Crippen LogP contribution in [-0.4, -0.2) is 76.9 Å². The van der Waals surface area contributed by atoms with Crippen molar-refractivity contribution in [3.8, 4) is 0 Å². The molecule has 0 aliphatic rings. The zero-order chi connectivity index (χ0) is 40.5. The summed E-state index contributed by atoms with van der Waals surface area (Å²) in [5, 5.41) is 23.6. The quantitative estimate of drug-likeness (QED) is 0.0949. The molecule has 0 bridgehead atoms. The first-order valence-electron chi connectivity index (χ1n) is 19.0. The van der Waals surface area contributed by atoms with E-state index in [0.717, 1.165) is 11.1 Å². The zero-order valence-corrected chi connectivity index (χ0v) is 33.1. The average molecular weight is 751 g/mol. The number of benzene rings is 2. The van der Waals surface area contributed by atoms with Crippen LogP contribution in [0.5, 0.6) is 0 Å². The Morgan fingerprint density at radius 1 is 0.630 bits per heavy atom. The Morgan fingerprint density at radius 2 is 1.15 bits per heavy atom. The van der Waals surface area contributed by atoms with Crippen molar-refractivity contribution in [1.29, 1.82) is 0 Å². The molecule has 13 nitrogen and oxygen atoms in total. The van der Waals surface area contributed by atoms with Crippen molar-refractivity contribution < 1.29 is 33.9 Å². The first kappa shape index (κ1) is 45.4. The van der Waals surface area contributed by atoms with Crippen LogP contribution in [-0.2, 0) is 41.6 Å². The minimum absolute atomic E-state index is 0.0725. The average Bonchev–Trinajstić information content (AvgIpc) is 3.10. The van der Waals surface area contributed by atoms with Crippen molar-refractivity contribution in [3.63, 3.8) is 0 Å². The highest BCUT2D eigenvalue weighted by Crippen LogP contribution is 2.14. The van der Waals surface area contributed by atoms with Gasteiger partial charge < -0.3 is 37.4 Å². The molecule has 54 heavy (non-hydrogen) atoms. The van der Waals surface area contributed by atoms with Gasteiger partial charge in [-0.3, -0.25) is 24.0 Å². The third-order valence-electron chi connectivity index (χ3n) is 9.42. The Balaban J connectivity index is 2.25. The fourth-order valence-corrected chi connectivity index (χ4v) is 6.02. The topological polar surface area (TPSA) is 209 Å². The van der Waals surface area contributed by atoms with E-state index in [4.69, 9.17) is 5.73 Å². The number of carbonyl (C=O) groups is 6. The standard InChI is InChI=1S/C41H62N6O7/c1-9-27(8)37(40(52)47-36(26(6)7)41(53)54)45-34(49)23-30(42)31(21-28-16-12-10-13-17-28)44-39(51)35(25(4)5)46-38(50)32(20-24(2)3)43-33(48)22-29-18-14-11-15-19-29/h10-19,24-27,30-32,35-37H,9,20-23,42H2,1-8H3,(H,43,48)(H,44,51)(H,45,49)(H,46,50)(H,47,52)(H,53,54)/t27-,30?,31?,32-,35-,36-,37-/m0/s1. The molecule has 13 heteroatoms. The van der Waals surface area contributed by atoms with E-state index in [2.05, 4.69) is 26.6 Å². The van der Waals surface area contributed by atoms with Crippen LogP contribution in [0.1, 0.15) is 85.8 Å². The van der Waals surface area contributed by atoms with E-state index < -0.39 is 65.8 Å². The van der Waals surface area contributed by atoms with Gasteiger partial charge in [0.05, 0.1) is 6.42 Å². The molecule has 7 atom stereocenters. The van der Waals surface area contributed by atoms with Gasteiger partial charge in [-0.15, -0.1) is 0 Å². The fourth-order valence-electron chi connectivity index (χ4n) is 6.02. The third-order valence-corrected chi connectivity index (χ3v) is 9.42. The first-order chi connectivity index (χ1) is 25.4. The summed E-state index contributed by atoms with van der Waals surface area (Å²) < 4.78 is 0. The van der Waals surface area contributed by atoms with Gasteiger partial charge >= 0.3 is 5.97 Å². The molecule has 2 rings (SSSR count). The Hall–Kier alpha value is -4.78. The summed E-state index contributed by atoms with van der Waals surface area (Å²) in [5.74, 6) is -4.59. The summed E-state index contributed by atoms with van der Waals surface area (Å²) in [7, 11) is 0. The van der Waals surface area contributed by atoms with Crippen molar-refractivity contribution in [1.82, 2.24) is 26.6 Å². The second-order valence-electron chi connectivity index (χ2n) is 15.3. The van der Waals surface area contributed by atoms with Crippen molar-refractivity contribution in [2.45, 2.75) is 124 Å². The lowest BCUT2D eigenvalue weighted by molar-refractivity contribution is -0.143. The van der Waals surface area contributed by atoms with E-state index in [1.54, 1.807) is 34.6 Å². The number of amides is 5. The summed E-state index contributed by atoms with van der Waals surface area (Å²) in [6, 6.07) is 12.8. The molecule has 0 spiro atoms. The van der Waals surface area contributed by atoms with Crippen LogP contribution in [0.3, 0.4) is 0 Å². The number of hydrogen-bond donors (Lipinski definition) is 7. The van der Waals surface area contributed by atoms with Gasteiger partial charge in [-0.1, -0.05) is 122 Å². The summed E-state index contributed by atoms with van der Waals surface area (Å²) in [6.45, 7) is 14.5. The highest BCUT2D eigenvalue weighted by atomic mass is 16.4. The van der Waals surface area contributed by atoms with Crippen LogP contribution in [0.2, 0.25) is 0 Å². The Kier molecular flexibility index (Phi) is 18.9. The van der Waals surface area contributed by atoms with E-state index in [0.29, 0.717) is 12.8 Å². The number of carboxylic acids is 1. The highest BCUT2D eigenvalue weighted by molar-refractivity contribution is 5.93. The lowest BCUT2D eigenvalue weighted by atomic mass is 9.94. The third kappa shape index (κ3) is 15.3. The smallest absolute Gasteiger partial charge is 0.326 e. The normalized spacial score (nSPS) is 15.3. The molecule has 8 N–H and O–H groups in total. The zero-order valence-electron chi connectivity index (χ0n) is 33.1. The van der Waals surface area contributed by atoms with Gasteiger partial charge in [-0.05, 0) is 47.6 Å². The Morgan fingerprint density at radius 3 is 1.65 bits per heavy atom. The lowest BCUT2D eigenvalue weighted by Crippen LogP contribution is -2.60. The van der Waals surface area contributed by atoms with Crippen molar-refractivity contribution in [2.75, 3.05) is 0 Å². The molecule has 0 aromatic heterocycles. The number of hydrogen-bond acceptors (Lipinski definition) is 7. The minimum atomic E-state index is -1.17. The molecule has 2 unspecified atom stereocenters. The van der Waals surface area contributed by atoms with Crippen LogP contribution < -0.4 is 32.3 Å². The van der Waals surface area contributed by atoms with Crippen LogP contribution in [0.25, 0.3) is 0 Å². The Bertz CT molecular complexity index is 1520. The molecule has 0 radical (unpaired) electrons. The maximum Gasteiger partial charge on any atom is 0.326 e. The molecular formula is C41H62N6O7. The van der Waals surface area contributed by atoms with E-state index in [-0.39, 0.29) is 48.8 Å². The number of nitrogens with one attached hydrogen (secondary N) is 5. The van der Waals surface area contributed by atoms with Crippen molar-refractivity contribution in [3.05, 3.63) is 71.8 Å². The molecule has 2 aromatic carbocycles. The monoisotopic (exact) mass is 750 g/mol. The van der Waals surface area contributed by atoms with E-state index in [1.807, 2.05) is 81.4 Å². The van der Waals surface area contributed by atoms with Gasteiger partial charge in [-0.2, -0.15) is 0 Å². The van der Waals surface area contributed by atoms with E-state index in [1.165, 1.54) is 0 Å². The van der Waals surface area contributed by atoms with E-state index in [9.17, 15) is 33.9 Å². The van der Waals surface area contributed by atoms with Crippen LogP contribution in [0.15, 0.2) is 60.7 Å². The second-order valence-corrected chi connectivity index (χ2v) is 15.3. The SMILES string of the molecule is CC[C@H](C)[C@H](NC(=O)CC(N)C(Cc1ccccc1)NC(=O)[C@@H](NC(=O)[C@H](CC(C)C)NC(=O)Cc1ccccc1)C(C)C)C(=O)N[C@H](C(=O)O)C(C)C. The molecule has 0 aliphatic carbocycles. The maximum absolute atomic E-state index is 14.0. The van der Waals surface area contributed by atoms with Gasteiger partial charge in [0, 0.05) is 18.5 Å². The molecule has 0 saturated heterocycles. The van der Waals surface area contributed by atoms with Crippen LogP contribution in [0.4, 0.5) is 0 Å². The van der Waals surface area contributed by atoms with Gasteiger partial charge in [-0.25, -0.2) is 4.79 Å². The summed E-state index contributed by atoms with van der Waals surface area (Å²) in [4.78, 5) is 79.0. The molecule has 0 fully saturated rings. The second kappa shape index (κ2) is 22.4. The molecule has 0 saturated carbocycles. The molecular weight excluding hydrogens is 688 g/mol. The number of nitrogens with two attached hydrogens (primary N) is 1. The minimum Gasteiger partial charge on any atom is -0.480 e. The lowest BCUT2D eigenvalue weighted by Gasteiger charge is -2.31. The first-order valence-corrected chi connectivity index (χ1v) is 19.0. The Labute approximate surface area is 320 Å². The van der Waals surface area contributed by atoms with Crippen LogP contribution in [0, 0.1) is 23.7 Å². The number of carboxylic acid groups (broad SMARTS) is 1.